The average Bonchev–Trinajstić information content (AvgIpc) is 2.54. The second kappa shape index (κ2) is 7.77. The van der Waals surface area contributed by atoms with Crippen LogP contribution in [0.2, 0.25) is 0 Å². The summed E-state index contributed by atoms with van der Waals surface area (Å²) in [5, 5.41) is 6.89. The molecule has 6 nitrogen and oxygen atoms in total. The SMILES string of the molecule is Cc1ccc(=O)n(CCNC(=O)C(C)Oc2cccc(C)c2C)n1. The van der Waals surface area contributed by atoms with Crippen LogP contribution in [0.3, 0.4) is 0 Å². The quantitative estimate of drug-likeness (QED) is 0.876. The highest BCUT2D eigenvalue weighted by Crippen LogP contribution is 2.21. The van der Waals surface area contributed by atoms with E-state index in [2.05, 4.69) is 10.4 Å². The number of hydrogen-bond donors (Lipinski definition) is 1. The minimum absolute atomic E-state index is 0.186. The number of amides is 1. The second-order valence-corrected chi connectivity index (χ2v) is 5.79. The number of benzene rings is 1. The molecule has 0 saturated carbocycles. The third-order valence-corrected chi connectivity index (χ3v) is 3.85. The van der Waals surface area contributed by atoms with Gasteiger partial charge in [0.1, 0.15) is 5.75 Å². The smallest absolute Gasteiger partial charge is 0.266 e. The maximum absolute atomic E-state index is 12.1. The first-order valence-corrected chi connectivity index (χ1v) is 7.94. The summed E-state index contributed by atoms with van der Waals surface area (Å²) in [6.45, 7) is 8.12. The Hall–Kier alpha value is -2.63. The van der Waals surface area contributed by atoms with Crippen molar-refractivity contribution in [3.05, 3.63) is 57.5 Å². The summed E-state index contributed by atoms with van der Waals surface area (Å²) in [7, 11) is 0. The highest BCUT2D eigenvalue weighted by atomic mass is 16.5. The Kier molecular flexibility index (Phi) is 5.73. The molecule has 0 aliphatic rings. The topological polar surface area (TPSA) is 73.2 Å². The fourth-order valence-corrected chi connectivity index (χ4v) is 2.24. The van der Waals surface area contributed by atoms with Gasteiger partial charge < -0.3 is 10.1 Å². The number of nitrogens with zero attached hydrogens (tertiary/aromatic N) is 2. The molecule has 2 aromatic rings. The molecule has 1 N–H and O–H groups in total. The van der Waals surface area contributed by atoms with E-state index in [1.54, 1.807) is 13.0 Å². The monoisotopic (exact) mass is 329 g/mol. The molecule has 0 aliphatic heterocycles. The molecule has 0 radical (unpaired) electrons. The Labute approximate surface area is 141 Å². The lowest BCUT2D eigenvalue weighted by molar-refractivity contribution is -0.127. The van der Waals surface area contributed by atoms with E-state index in [-0.39, 0.29) is 11.5 Å². The van der Waals surface area contributed by atoms with Gasteiger partial charge >= 0.3 is 0 Å². The van der Waals surface area contributed by atoms with Crippen LogP contribution in [0.4, 0.5) is 0 Å². The number of nitrogens with one attached hydrogen (secondary N) is 1. The number of ether oxygens (including phenoxy) is 1. The predicted octanol–water partition coefficient (Wildman–Crippen LogP) is 1.75. The fourth-order valence-electron chi connectivity index (χ4n) is 2.24. The van der Waals surface area contributed by atoms with Crippen LogP contribution in [0.25, 0.3) is 0 Å². The average molecular weight is 329 g/mol. The number of carbonyl (C=O) groups excluding carboxylic acids is 1. The molecule has 128 valence electrons. The first kappa shape index (κ1) is 17.7. The van der Waals surface area contributed by atoms with Crippen LogP contribution in [-0.2, 0) is 11.3 Å². The molecule has 0 aliphatic carbocycles. The van der Waals surface area contributed by atoms with Crippen molar-refractivity contribution in [1.29, 1.82) is 0 Å². The van der Waals surface area contributed by atoms with Crippen molar-refractivity contribution in [2.24, 2.45) is 0 Å². The van der Waals surface area contributed by atoms with Crippen molar-refractivity contribution < 1.29 is 9.53 Å². The third-order valence-electron chi connectivity index (χ3n) is 3.85. The molecule has 1 aromatic heterocycles. The molecule has 0 saturated heterocycles. The molecule has 0 spiro atoms. The second-order valence-electron chi connectivity index (χ2n) is 5.79. The van der Waals surface area contributed by atoms with Crippen molar-refractivity contribution in [2.45, 2.75) is 40.3 Å². The minimum atomic E-state index is -0.618. The van der Waals surface area contributed by atoms with Crippen molar-refractivity contribution in [3.8, 4) is 5.75 Å². The third kappa shape index (κ3) is 4.44. The van der Waals surface area contributed by atoms with Crippen LogP contribution in [0.5, 0.6) is 5.75 Å². The Balaban J connectivity index is 1.89. The normalized spacial score (nSPS) is 11.8. The van der Waals surface area contributed by atoms with Crippen molar-refractivity contribution in [3.63, 3.8) is 0 Å². The van der Waals surface area contributed by atoms with Crippen LogP contribution in [0.1, 0.15) is 23.7 Å². The highest BCUT2D eigenvalue weighted by molar-refractivity contribution is 5.80. The van der Waals surface area contributed by atoms with Crippen molar-refractivity contribution in [1.82, 2.24) is 15.1 Å². The van der Waals surface area contributed by atoms with Gasteiger partial charge in [-0.3, -0.25) is 9.59 Å². The molecular weight excluding hydrogens is 306 g/mol. The van der Waals surface area contributed by atoms with Gasteiger partial charge in [-0.05, 0) is 51.0 Å². The van der Waals surface area contributed by atoms with Crippen LogP contribution in [-0.4, -0.2) is 28.3 Å². The first-order valence-electron chi connectivity index (χ1n) is 7.94. The molecule has 1 aromatic carbocycles. The molecular formula is C18H23N3O3. The van der Waals surface area contributed by atoms with Gasteiger partial charge in [-0.15, -0.1) is 0 Å². The van der Waals surface area contributed by atoms with Gasteiger partial charge in [-0.25, -0.2) is 4.68 Å². The number of aryl methyl sites for hydroxylation is 2. The standard InChI is InChI=1S/C18H23N3O3/c1-12-6-5-7-16(14(12)3)24-15(4)18(23)19-10-11-21-17(22)9-8-13(2)20-21/h5-9,15H,10-11H2,1-4H3,(H,19,23). The molecule has 0 fully saturated rings. The zero-order valence-corrected chi connectivity index (χ0v) is 14.5. The minimum Gasteiger partial charge on any atom is -0.481 e. The number of aromatic nitrogens is 2. The molecule has 1 unspecified atom stereocenters. The van der Waals surface area contributed by atoms with E-state index in [9.17, 15) is 9.59 Å². The van der Waals surface area contributed by atoms with Gasteiger partial charge in [0.25, 0.3) is 11.5 Å². The summed E-state index contributed by atoms with van der Waals surface area (Å²) in [5.41, 5.74) is 2.71. The van der Waals surface area contributed by atoms with Crippen molar-refractivity contribution >= 4 is 5.91 Å². The lowest BCUT2D eigenvalue weighted by atomic mass is 10.1. The van der Waals surface area contributed by atoms with Crippen LogP contribution >= 0.6 is 0 Å². The summed E-state index contributed by atoms with van der Waals surface area (Å²) in [6.07, 6.45) is -0.618. The predicted molar refractivity (Wildman–Crippen MR) is 92.2 cm³/mol. The molecule has 1 heterocycles. The van der Waals surface area contributed by atoms with Gasteiger partial charge in [0.05, 0.1) is 12.2 Å². The van der Waals surface area contributed by atoms with E-state index in [0.717, 1.165) is 16.8 Å². The molecule has 2 rings (SSSR count). The highest BCUT2D eigenvalue weighted by Gasteiger charge is 2.15. The van der Waals surface area contributed by atoms with Gasteiger partial charge in [-0.2, -0.15) is 5.10 Å². The van der Waals surface area contributed by atoms with Crippen molar-refractivity contribution in [2.75, 3.05) is 6.54 Å². The lowest BCUT2D eigenvalue weighted by Gasteiger charge is -2.17. The van der Waals surface area contributed by atoms with E-state index in [1.165, 1.54) is 10.7 Å². The zero-order valence-electron chi connectivity index (χ0n) is 14.5. The van der Waals surface area contributed by atoms with E-state index in [0.29, 0.717) is 18.8 Å². The van der Waals surface area contributed by atoms with E-state index >= 15 is 0 Å². The van der Waals surface area contributed by atoms with Gasteiger partial charge in [0, 0.05) is 12.6 Å². The summed E-state index contributed by atoms with van der Waals surface area (Å²) in [6, 6.07) is 8.88. The Morgan fingerprint density at radius 1 is 1.25 bits per heavy atom. The lowest BCUT2D eigenvalue weighted by Crippen LogP contribution is -2.39. The molecule has 0 bridgehead atoms. The summed E-state index contributed by atoms with van der Waals surface area (Å²) in [5.74, 6) is 0.478. The maximum atomic E-state index is 12.1. The fraction of sp³-hybridized carbons (Fsp3) is 0.389. The summed E-state index contributed by atoms with van der Waals surface area (Å²) < 4.78 is 7.08. The Morgan fingerprint density at radius 3 is 2.75 bits per heavy atom. The van der Waals surface area contributed by atoms with E-state index in [1.807, 2.05) is 39.0 Å². The molecule has 6 heteroatoms. The van der Waals surface area contributed by atoms with Crippen LogP contribution in [0, 0.1) is 20.8 Å². The molecule has 24 heavy (non-hydrogen) atoms. The number of carbonyl (C=O) groups is 1. The summed E-state index contributed by atoms with van der Waals surface area (Å²) in [4.78, 5) is 23.8. The maximum Gasteiger partial charge on any atom is 0.266 e. The van der Waals surface area contributed by atoms with Crippen LogP contribution in [0.15, 0.2) is 35.1 Å². The number of rotatable bonds is 6. The summed E-state index contributed by atoms with van der Waals surface area (Å²) >= 11 is 0. The zero-order chi connectivity index (χ0) is 17.7. The molecule has 1 atom stereocenters. The van der Waals surface area contributed by atoms with E-state index < -0.39 is 6.10 Å². The van der Waals surface area contributed by atoms with Gasteiger partial charge in [0.15, 0.2) is 6.10 Å². The Bertz CT molecular complexity index is 783. The molecule has 1 amide bonds. The number of hydrogen-bond acceptors (Lipinski definition) is 4. The van der Waals surface area contributed by atoms with Crippen LogP contribution < -0.4 is 15.6 Å². The Morgan fingerprint density at radius 2 is 2.00 bits per heavy atom. The first-order chi connectivity index (χ1) is 11.4. The van der Waals surface area contributed by atoms with E-state index in [4.69, 9.17) is 4.74 Å². The van der Waals surface area contributed by atoms with Gasteiger partial charge in [-0.1, -0.05) is 12.1 Å². The largest absolute Gasteiger partial charge is 0.481 e. The van der Waals surface area contributed by atoms with Gasteiger partial charge in [0.2, 0.25) is 0 Å².